The van der Waals surface area contributed by atoms with Crippen molar-refractivity contribution in [2.24, 2.45) is 0 Å². The Kier molecular flexibility index (Phi) is 5.38. The molecule has 1 saturated heterocycles. The quantitative estimate of drug-likeness (QED) is 0.912. The number of aryl methyl sites for hydroxylation is 1. The zero-order valence-electron chi connectivity index (χ0n) is 13.3. The van der Waals surface area contributed by atoms with Crippen molar-refractivity contribution in [3.05, 3.63) is 23.4 Å². The van der Waals surface area contributed by atoms with E-state index in [-0.39, 0.29) is 0 Å². The fourth-order valence-electron chi connectivity index (χ4n) is 2.63. The molecule has 1 fully saturated rings. The van der Waals surface area contributed by atoms with Crippen LogP contribution in [0.3, 0.4) is 0 Å². The van der Waals surface area contributed by atoms with Crippen LogP contribution in [0.15, 0.2) is 12.3 Å². The monoisotopic (exact) mass is 276 g/mol. The normalized spacial score (nSPS) is 17.6. The average molecular weight is 276 g/mol. The average Bonchev–Trinajstić information content (AvgIpc) is 2.61. The first-order chi connectivity index (χ1) is 9.56. The number of nitrogens with one attached hydrogen (secondary N) is 1. The third-order valence-corrected chi connectivity index (χ3v) is 3.84. The number of hydrogen-bond donors (Lipinski definition) is 1. The van der Waals surface area contributed by atoms with E-state index in [0.717, 1.165) is 32.0 Å². The molecule has 4 heteroatoms. The van der Waals surface area contributed by atoms with Crippen LogP contribution in [0.1, 0.15) is 31.4 Å². The van der Waals surface area contributed by atoms with Crippen LogP contribution in [0, 0.1) is 6.92 Å². The molecular weight excluding hydrogens is 248 g/mol. The Hall–Kier alpha value is -1.13. The minimum atomic E-state index is 0.510. The molecule has 0 amide bonds. The van der Waals surface area contributed by atoms with E-state index in [4.69, 9.17) is 4.98 Å². The lowest BCUT2D eigenvalue weighted by molar-refractivity contribution is 0.360. The lowest BCUT2D eigenvalue weighted by Gasteiger charge is -2.23. The first kappa shape index (κ1) is 15.3. The molecule has 0 spiro atoms. The van der Waals surface area contributed by atoms with E-state index in [2.05, 4.69) is 49.0 Å². The van der Waals surface area contributed by atoms with Gasteiger partial charge in [0.15, 0.2) is 0 Å². The van der Waals surface area contributed by atoms with E-state index in [9.17, 15) is 0 Å². The number of rotatable bonds is 4. The van der Waals surface area contributed by atoms with Crippen molar-refractivity contribution in [2.45, 2.75) is 39.8 Å². The van der Waals surface area contributed by atoms with Crippen LogP contribution < -0.4 is 10.2 Å². The summed E-state index contributed by atoms with van der Waals surface area (Å²) in [5, 5.41) is 3.44. The molecule has 0 saturated carbocycles. The number of nitrogens with zero attached hydrogens (tertiary/aromatic N) is 3. The summed E-state index contributed by atoms with van der Waals surface area (Å²) in [5.41, 5.74) is 2.56. The second-order valence-electron chi connectivity index (χ2n) is 6.16. The fourth-order valence-corrected chi connectivity index (χ4v) is 2.63. The minimum absolute atomic E-state index is 0.510. The van der Waals surface area contributed by atoms with Crippen molar-refractivity contribution in [1.29, 1.82) is 0 Å². The summed E-state index contributed by atoms with van der Waals surface area (Å²) in [4.78, 5) is 9.54. The maximum absolute atomic E-state index is 4.71. The summed E-state index contributed by atoms with van der Waals surface area (Å²) in [7, 11) is 2.20. The van der Waals surface area contributed by atoms with E-state index >= 15 is 0 Å². The molecule has 1 aliphatic heterocycles. The first-order valence-electron chi connectivity index (χ1n) is 7.68. The molecule has 1 aromatic rings. The summed E-state index contributed by atoms with van der Waals surface area (Å²) in [5.74, 6) is 1.16. The molecule has 20 heavy (non-hydrogen) atoms. The van der Waals surface area contributed by atoms with Gasteiger partial charge in [0.1, 0.15) is 5.82 Å². The molecule has 0 radical (unpaired) electrons. The van der Waals surface area contributed by atoms with Crippen molar-refractivity contribution in [1.82, 2.24) is 15.2 Å². The number of likely N-dealkylation sites (N-methyl/N-ethyl adjacent to an activating group) is 1. The van der Waals surface area contributed by atoms with E-state index in [1.807, 2.05) is 6.20 Å². The predicted octanol–water partition coefficient (Wildman–Crippen LogP) is 2.03. The molecule has 1 aromatic heterocycles. The second-order valence-corrected chi connectivity index (χ2v) is 6.16. The van der Waals surface area contributed by atoms with Gasteiger partial charge < -0.3 is 15.1 Å². The highest BCUT2D eigenvalue weighted by atomic mass is 15.2. The zero-order chi connectivity index (χ0) is 14.5. The van der Waals surface area contributed by atoms with Gasteiger partial charge >= 0.3 is 0 Å². The van der Waals surface area contributed by atoms with Gasteiger partial charge in [0.05, 0.1) is 0 Å². The molecule has 1 N–H and O–H groups in total. The smallest absolute Gasteiger partial charge is 0.131 e. The molecule has 0 atom stereocenters. The molecule has 2 heterocycles. The van der Waals surface area contributed by atoms with E-state index < -0.39 is 0 Å². The van der Waals surface area contributed by atoms with Crippen molar-refractivity contribution in [3.63, 3.8) is 0 Å². The van der Waals surface area contributed by atoms with Crippen LogP contribution in [-0.4, -0.2) is 49.2 Å². The van der Waals surface area contributed by atoms with Gasteiger partial charge in [0.25, 0.3) is 0 Å². The van der Waals surface area contributed by atoms with Gasteiger partial charge in [-0.3, -0.25) is 0 Å². The molecule has 1 aliphatic rings. The highest BCUT2D eigenvalue weighted by molar-refractivity contribution is 5.47. The van der Waals surface area contributed by atoms with Crippen LogP contribution in [0.5, 0.6) is 0 Å². The molecule has 0 bridgehead atoms. The Morgan fingerprint density at radius 1 is 1.25 bits per heavy atom. The van der Waals surface area contributed by atoms with Gasteiger partial charge in [-0.15, -0.1) is 0 Å². The molecule has 112 valence electrons. The molecule has 2 rings (SSSR count). The van der Waals surface area contributed by atoms with Crippen LogP contribution in [0.4, 0.5) is 5.82 Å². The van der Waals surface area contributed by atoms with Crippen LogP contribution in [-0.2, 0) is 6.54 Å². The third-order valence-electron chi connectivity index (χ3n) is 3.84. The lowest BCUT2D eigenvalue weighted by Crippen LogP contribution is -2.30. The van der Waals surface area contributed by atoms with E-state index in [1.54, 1.807) is 0 Å². The van der Waals surface area contributed by atoms with Crippen molar-refractivity contribution in [3.8, 4) is 0 Å². The Morgan fingerprint density at radius 3 is 2.75 bits per heavy atom. The number of anilines is 1. The van der Waals surface area contributed by atoms with Gasteiger partial charge in [-0.05, 0) is 44.1 Å². The molecule has 0 unspecified atom stereocenters. The molecule has 4 nitrogen and oxygen atoms in total. The standard InChI is InChI=1S/C16H28N4/c1-13(2)17-11-15-10-14(3)16(18-12-15)20-7-5-6-19(4)8-9-20/h10,12-13,17H,5-9,11H2,1-4H3. The SMILES string of the molecule is Cc1cc(CNC(C)C)cnc1N1CCCN(C)CC1. The van der Waals surface area contributed by atoms with Gasteiger partial charge in [-0.2, -0.15) is 0 Å². The first-order valence-corrected chi connectivity index (χ1v) is 7.68. The molecular formula is C16H28N4. The van der Waals surface area contributed by atoms with Crippen LogP contribution in [0.2, 0.25) is 0 Å². The number of hydrogen-bond acceptors (Lipinski definition) is 4. The Morgan fingerprint density at radius 2 is 2.05 bits per heavy atom. The van der Waals surface area contributed by atoms with Crippen molar-refractivity contribution >= 4 is 5.82 Å². The third kappa shape index (κ3) is 4.18. The lowest BCUT2D eigenvalue weighted by atomic mass is 10.2. The fraction of sp³-hybridized carbons (Fsp3) is 0.688. The van der Waals surface area contributed by atoms with Crippen LogP contribution in [0.25, 0.3) is 0 Å². The Bertz CT molecular complexity index is 430. The predicted molar refractivity (Wildman–Crippen MR) is 85.3 cm³/mol. The van der Waals surface area contributed by atoms with Gasteiger partial charge in [0.2, 0.25) is 0 Å². The van der Waals surface area contributed by atoms with Crippen LogP contribution >= 0.6 is 0 Å². The summed E-state index contributed by atoms with van der Waals surface area (Å²) in [6.45, 7) is 11.9. The van der Waals surface area contributed by atoms with Crippen molar-refractivity contribution in [2.75, 3.05) is 38.1 Å². The highest BCUT2D eigenvalue weighted by Gasteiger charge is 2.15. The number of aromatic nitrogens is 1. The topological polar surface area (TPSA) is 31.4 Å². The Labute approximate surface area is 123 Å². The summed E-state index contributed by atoms with van der Waals surface area (Å²) in [6, 6.07) is 2.78. The molecule has 0 aliphatic carbocycles. The van der Waals surface area contributed by atoms with Gasteiger partial charge in [-0.25, -0.2) is 4.98 Å². The van der Waals surface area contributed by atoms with E-state index in [0.29, 0.717) is 6.04 Å². The summed E-state index contributed by atoms with van der Waals surface area (Å²) in [6.07, 6.45) is 3.24. The van der Waals surface area contributed by atoms with Gasteiger partial charge in [-0.1, -0.05) is 13.8 Å². The minimum Gasteiger partial charge on any atom is -0.355 e. The molecule has 0 aromatic carbocycles. The van der Waals surface area contributed by atoms with Gasteiger partial charge in [0, 0.05) is 38.4 Å². The Balaban J connectivity index is 2.05. The summed E-state index contributed by atoms with van der Waals surface area (Å²) >= 11 is 0. The van der Waals surface area contributed by atoms with Crippen molar-refractivity contribution < 1.29 is 0 Å². The number of pyridine rings is 1. The summed E-state index contributed by atoms with van der Waals surface area (Å²) < 4.78 is 0. The maximum Gasteiger partial charge on any atom is 0.131 e. The maximum atomic E-state index is 4.71. The second kappa shape index (κ2) is 7.04. The zero-order valence-corrected chi connectivity index (χ0v) is 13.3. The largest absolute Gasteiger partial charge is 0.355 e. The highest BCUT2D eigenvalue weighted by Crippen LogP contribution is 2.19. The van der Waals surface area contributed by atoms with E-state index in [1.165, 1.54) is 24.1 Å².